The first-order valence-electron chi connectivity index (χ1n) is 13.6. The molecule has 2 aromatic heterocycles. The van der Waals surface area contributed by atoms with E-state index in [0.29, 0.717) is 17.5 Å². The average molecular weight is 526 g/mol. The van der Waals surface area contributed by atoms with Gasteiger partial charge in [-0.05, 0) is 40.1 Å². The Morgan fingerprint density at radius 1 is 0.390 bits per heavy atom. The highest BCUT2D eigenvalue weighted by molar-refractivity contribution is 6.11. The van der Waals surface area contributed by atoms with Gasteiger partial charge in [0.05, 0.1) is 0 Å². The van der Waals surface area contributed by atoms with E-state index in [2.05, 4.69) is 72.8 Å². The van der Waals surface area contributed by atoms with Crippen LogP contribution in [0.2, 0.25) is 0 Å². The summed E-state index contributed by atoms with van der Waals surface area (Å²) in [4.78, 5) is 15.1. The fraction of sp³-hybridized carbons (Fsp3) is 0. The molecule has 0 spiro atoms. The molecule has 8 rings (SSSR count). The van der Waals surface area contributed by atoms with Crippen LogP contribution < -0.4 is 0 Å². The number of fused-ring (bicyclic) bond motifs is 4. The lowest BCUT2D eigenvalue weighted by Gasteiger charge is -2.11. The summed E-state index contributed by atoms with van der Waals surface area (Å²) in [5, 5.41) is 4.37. The first-order chi connectivity index (χ1) is 20.3. The van der Waals surface area contributed by atoms with Crippen molar-refractivity contribution in [3.8, 4) is 45.3 Å². The molecular formula is C37H23N3O. The van der Waals surface area contributed by atoms with Crippen LogP contribution >= 0.6 is 0 Å². The number of benzene rings is 6. The van der Waals surface area contributed by atoms with Gasteiger partial charge in [-0.1, -0.05) is 121 Å². The highest BCUT2D eigenvalue weighted by Crippen LogP contribution is 2.37. The van der Waals surface area contributed by atoms with Crippen molar-refractivity contribution < 1.29 is 4.42 Å². The van der Waals surface area contributed by atoms with Crippen molar-refractivity contribution in [2.45, 2.75) is 0 Å². The normalized spacial score (nSPS) is 11.4. The Hall–Kier alpha value is -5.61. The van der Waals surface area contributed by atoms with Gasteiger partial charge >= 0.3 is 0 Å². The molecule has 0 bridgehead atoms. The maximum atomic E-state index is 6.18. The van der Waals surface area contributed by atoms with Crippen LogP contribution in [0.3, 0.4) is 0 Å². The monoisotopic (exact) mass is 525 g/mol. The minimum absolute atomic E-state index is 0.613. The van der Waals surface area contributed by atoms with Gasteiger partial charge in [0.15, 0.2) is 17.5 Å². The maximum absolute atomic E-state index is 6.18. The van der Waals surface area contributed by atoms with Crippen molar-refractivity contribution in [2.24, 2.45) is 0 Å². The van der Waals surface area contributed by atoms with E-state index < -0.39 is 0 Å². The highest BCUT2D eigenvalue weighted by atomic mass is 16.3. The number of aromatic nitrogens is 3. The van der Waals surface area contributed by atoms with E-state index in [1.165, 1.54) is 16.5 Å². The standard InChI is InChI=1S/C37H23N3O/c1-3-11-24(12-4-1)28-17-9-15-25-21-22-27(23-31(25)28)36-38-35(26-13-5-2-6-14-26)39-37(40-36)30-18-10-20-33-34(30)29-16-7-8-19-32(29)41-33/h1-23H. The maximum Gasteiger partial charge on any atom is 0.164 e. The predicted molar refractivity (Wildman–Crippen MR) is 166 cm³/mol. The summed E-state index contributed by atoms with van der Waals surface area (Å²) in [6.45, 7) is 0. The fourth-order valence-electron chi connectivity index (χ4n) is 5.58. The molecule has 0 N–H and O–H groups in total. The predicted octanol–water partition coefficient (Wildman–Crippen LogP) is 9.59. The first-order valence-corrected chi connectivity index (χ1v) is 13.6. The molecule has 4 nitrogen and oxygen atoms in total. The van der Waals surface area contributed by atoms with Crippen LogP contribution in [0, 0.1) is 0 Å². The van der Waals surface area contributed by atoms with Gasteiger partial charge in [-0.15, -0.1) is 0 Å². The summed E-state index contributed by atoms with van der Waals surface area (Å²) >= 11 is 0. The Labute approximate surface area is 236 Å². The zero-order valence-corrected chi connectivity index (χ0v) is 22.0. The summed E-state index contributed by atoms with van der Waals surface area (Å²) in [5.41, 5.74) is 6.80. The van der Waals surface area contributed by atoms with Crippen molar-refractivity contribution in [3.05, 3.63) is 140 Å². The van der Waals surface area contributed by atoms with E-state index in [0.717, 1.165) is 44.0 Å². The molecule has 4 heteroatoms. The van der Waals surface area contributed by atoms with E-state index >= 15 is 0 Å². The number of hydrogen-bond acceptors (Lipinski definition) is 4. The van der Waals surface area contributed by atoms with Crippen LogP contribution in [-0.4, -0.2) is 15.0 Å². The van der Waals surface area contributed by atoms with E-state index in [9.17, 15) is 0 Å². The zero-order valence-electron chi connectivity index (χ0n) is 22.0. The molecule has 0 unspecified atom stereocenters. The van der Waals surface area contributed by atoms with Gasteiger partial charge < -0.3 is 4.42 Å². The van der Waals surface area contributed by atoms with Crippen LogP contribution in [0.4, 0.5) is 0 Å². The summed E-state index contributed by atoms with van der Waals surface area (Å²) in [6, 6.07) is 47.5. The van der Waals surface area contributed by atoms with Crippen molar-refractivity contribution >= 4 is 32.7 Å². The molecule has 0 saturated heterocycles. The Morgan fingerprint density at radius 3 is 1.85 bits per heavy atom. The molecule has 0 radical (unpaired) electrons. The largest absolute Gasteiger partial charge is 0.456 e. The molecule has 0 amide bonds. The van der Waals surface area contributed by atoms with E-state index in [4.69, 9.17) is 19.4 Å². The molecule has 0 saturated carbocycles. The van der Waals surface area contributed by atoms with E-state index in [1.807, 2.05) is 66.7 Å². The molecule has 0 atom stereocenters. The van der Waals surface area contributed by atoms with Gasteiger partial charge in [-0.25, -0.2) is 15.0 Å². The second kappa shape index (κ2) is 9.54. The minimum Gasteiger partial charge on any atom is -0.456 e. The van der Waals surface area contributed by atoms with Gasteiger partial charge in [0.1, 0.15) is 11.2 Å². The van der Waals surface area contributed by atoms with Crippen molar-refractivity contribution in [3.63, 3.8) is 0 Å². The first kappa shape index (κ1) is 23.3. The molecule has 192 valence electrons. The number of hydrogen-bond donors (Lipinski definition) is 0. The minimum atomic E-state index is 0.613. The van der Waals surface area contributed by atoms with Gasteiger partial charge in [0.25, 0.3) is 0 Å². The molecule has 41 heavy (non-hydrogen) atoms. The number of furan rings is 1. The highest BCUT2D eigenvalue weighted by Gasteiger charge is 2.18. The zero-order chi connectivity index (χ0) is 27.2. The molecule has 0 aliphatic heterocycles. The Morgan fingerprint density at radius 2 is 1.02 bits per heavy atom. The average Bonchev–Trinajstić information content (AvgIpc) is 3.44. The third-order valence-corrected chi connectivity index (χ3v) is 7.54. The van der Waals surface area contributed by atoms with E-state index in [-0.39, 0.29) is 0 Å². The van der Waals surface area contributed by atoms with E-state index in [1.54, 1.807) is 0 Å². The quantitative estimate of drug-likeness (QED) is 0.230. The van der Waals surface area contributed by atoms with Crippen LogP contribution in [0.15, 0.2) is 144 Å². The van der Waals surface area contributed by atoms with Crippen molar-refractivity contribution in [1.29, 1.82) is 0 Å². The van der Waals surface area contributed by atoms with Crippen LogP contribution in [-0.2, 0) is 0 Å². The topological polar surface area (TPSA) is 51.8 Å². The fourth-order valence-corrected chi connectivity index (χ4v) is 5.58. The lowest BCUT2D eigenvalue weighted by molar-refractivity contribution is 0.669. The second-order valence-corrected chi connectivity index (χ2v) is 10.1. The number of nitrogens with zero attached hydrogens (tertiary/aromatic N) is 3. The van der Waals surface area contributed by atoms with Gasteiger partial charge in [-0.2, -0.15) is 0 Å². The van der Waals surface area contributed by atoms with Crippen molar-refractivity contribution in [1.82, 2.24) is 15.0 Å². The summed E-state index contributed by atoms with van der Waals surface area (Å²) < 4.78 is 6.18. The van der Waals surface area contributed by atoms with Crippen LogP contribution in [0.5, 0.6) is 0 Å². The smallest absolute Gasteiger partial charge is 0.164 e. The third kappa shape index (κ3) is 4.05. The Kier molecular flexibility index (Phi) is 5.42. The Bertz CT molecular complexity index is 2200. The van der Waals surface area contributed by atoms with Crippen LogP contribution in [0.25, 0.3) is 78.0 Å². The summed E-state index contributed by atoms with van der Waals surface area (Å²) in [5.74, 6) is 1.87. The van der Waals surface area contributed by atoms with Gasteiger partial charge in [0.2, 0.25) is 0 Å². The third-order valence-electron chi connectivity index (χ3n) is 7.54. The second-order valence-electron chi connectivity index (χ2n) is 10.1. The van der Waals surface area contributed by atoms with Crippen molar-refractivity contribution in [2.75, 3.05) is 0 Å². The number of para-hydroxylation sites is 1. The lowest BCUT2D eigenvalue weighted by atomic mass is 9.96. The number of rotatable bonds is 4. The SMILES string of the molecule is c1ccc(-c2nc(-c3ccc4cccc(-c5ccccc5)c4c3)nc(-c3cccc4oc5ccccc5c34)n2)cc1. The molecule has 0 aliphatic rings. The molecule has 0 fully saturated rings. The summed E-state index contributed by atoms with van der Waals surface area (Å²) in [7, 11) is 0. The van der Waals surface area contributed by atoms with Crippen LogP contribution in [0.1, 0.15) is 0 Å². The molecule has 2 heterocycles. The Balaban J connectivity index is 1.38. The van der Waals surface area contributed by atoms with Gasteiger partial charge in [0, 0.05) is 27.5 Å². The molecule has 8 aromatic rings. The lowest BCUT2D eigenvalue weighted by Crippen LogP contribution is -2.00. The summed E-state index contributed by atoms with van der Waals surface area (Å²) in [6.07, 6.45) is 0. The molecule has 0 aliphatic carbocycles. The van der Waals surface area contributed by atoms with Gasteiger partial charge in [-0.3, -0.25) is 0 Å². The molecular weight excluding hydrogens is 502 g/mol. The molecule has 6 aromatic carbocycles.